The number of carbonyl (C=O) groups excluding carboxylic acids is 1. The lowest BCUT2D eigenvalue weighted by atomic mass is 10.4. The molecule has 0 bridgehead atoms. The maximum Gasteiger partial charge on any atom is 0.309 e. The van der Waals surface area contributed by atoms with Crippen LogP contribution in [-0.2, 0) is 0 Å². The second-order valence-electron chi connectivity index (χ2n) is 2.35. The van der Waals surface area contributed by atoms with Gasteiger partial charge >= 0.3 is 6.03 Å². The van der Waals surface area contributed by atoms with E-state index in [1.165, 1.54) is 0 Å². The molecule has 1 aromatic heterocycles. The van der Waals surface area contributed by atoms with Crippen LogP contribution in [0.2, 0.25) is 0 Å². The highest BCUT2D eigenvalue weighted by Gasteiger charge is 1.61. The van der Waals surface area contributed by atoms with Crippen molar-refractivity contribution in [2.45, 2.75) is 0 Å². The summed E-state index contributed by atoms with van der Waals surface area (Å²) in [6, 6.07) is 14.8. The fourth-order valence-corrected chi connectivity index (χ4v) is 0.612. The van der Waals surface area contributed by atoms with Gasteiger partial charge in [-0.05, 0) is 12.1 Å². The molecule has 4 N–H and O–H groups in total. The minimum absolute atomic E-state index is 0. The first-order valence-corrected chi connectivity index (χ1v) is 4.25. The van der Waals surface area contributed by atoms with Crippen LogP contribution in [-0.4, -0.2) is 6.03 Å². The molecule has 88 valence electrons. The lowest BCUT2D eigenvalue weighted by Gasteiger charge is -1.69. The van der Waals surface area contributed by atoms with Crippen molar-refractivity contribution in [1.82, 2.24) is 0 Å². The molecule has 1 heterocycles. The van der Waals surface area contributed by atoms with Crippen molar-refractivity contribution in [2.75, 3.05) is 0 Å². The molecule has 2 rings (SSSR count). The predicted octanol–water partition coefficient (Wildman–Crippen LogP) is 2.10. The van der Waals surface area contributed by atoms with Gasteiger partial charge in [0.15, 0.2) is 0 Å². The molecule has 0 aliphatic heterocycles. The first-order chi connectivity index (χ1) is 7.23. The van der Waals surface area contributed by atoms with E-state index in [0.717, 1.165) is 0 Å². The van der Waals surface area contributed by atoms with Crippen LogP contribution in [0, 0.1) is 0 Å². The van der Waals surface area contributed by atoms with E-state index in [9.17, 15) is 0 Å². The summed E-state index contributed by atoms with van der Waals surface area (Å²) >= 11 is 0. The Morgan fingerprint density at radius 2 is 1.00 bits per heavy atom. The lowest BCUT2D eigenvalue weighted by Crippen LogP contribution is -2.18. The maximum absolute atomic E-state index is 9.00. The molecule has 0 saturated carbocycles. The van der Waals surface area contributed by atoms with Gasteiger partial charge < -0.3 is 15.9 Å². The van der Waals surface area contributed by atoms with E-state index in [1.807, 2.05) is 48.5 Å². The average Bonchev–Trinajstić information content (AvgIpc) is 2.77. The number of nitrogens with two attached hydrogens (primary N) is 2. The smallest absolute Gasteiger partial charge is 0.309 e. The van der Waals surface area contributed by atoms with Crippen LogP contribution in [0.3, 0.4) is 0 Å². The van der Waals surface area contributed by atoms with Gasteiger partial charge in [0.05, 0.1) is 12.5 Å². The number of hydrogen-bond acceptors (Lipinski definition) is 2. The number of carbonyl (C=O) groups is 1. The van der Waals surface area contributed by atoms with Crippen molar-refractivity contribution < 1.29 is 9.21 Å². The standard InChI is InChI=1S/C6H6.C4H4O.CH4N2O.H2S/c1-2-4-6-5-3-1;1-2-4-5-3-1;2-1(3)4;/h1-6H;1-4H;(H4,2,3,4);1H2. The predicted molar refractivity (Wildman–Crippen MR) is 69.3 cm³/mol. The maximum atomic E-state index is 9.00. The van der Waals surface area contributed by atoms with E-state index in [4.69, 9.17) is 4.79 Å². The normalized spacial score (nSPS) is 7.00. The second-order valence-corrected chi connectivity index (χ2v) is 2.35. The van der Waals surface area contributed by atoms with E-state index in [1.54, 1.807) is 12.5 Å². The van der Waals surface area contributed by atoms with E-state index >= 15 is 0 Å². The zero-order valence-electron chi connectivity index (χ0n) is 8.74. The van der Waals surface area contributed by atoms with Gasteiger partial charge in [-0.2, -0.15) is 13.5 Å². The Balaban J connectivity index is 0. The Bertz CT molecular complexity index is 277. The van der Waals surface area contributed by atoms with Crippen LogP contribution in [0.25, 0.3) is 0 Å². The molecule has 4 nitrogen and oxygen atoms in total. The van der Waals surface area contributed by atoms with Crippen LogP contribution in [0.1, 0.15) is 0 Å². The number of primary amides is 2. The minimum Gasteiger partial charge on any atom is -0.473 e. The topological polar surface area (TPSA) is 82.2 Å². The molecule has 16 heavy (non-hydrogen) atoms. The Morgan fingerprint density at radius 1 is 0.750 bits per heavy atom. The molecular formula is C11H16N2O2S. The molecule has 0 unspecified atom stereocenters. The first kappa shape index (κ1) is 16.5. The van der Waals surface area contributed by atoms with Gasteiger partial charge in [-0.25, -0.2) is 4.79 Å². The van der Waals surface area contributed by atoms with Gasteiger partial charge in [0.25, 0.3) is 0 Å². The quantitative estimate of drug-likeness (QED) is 0.739. The van der Waals surface area contributed by atoms with E-state index < -0.39 is 6.03 Å². The molecule has 2 aromatic rings. The van der Waals surface area contributed by atoms with Gasteiger partial charge in [-0.3, -0.25) is 0 Å². The number of rotatable bonds is 0. The lowest BCUT2D eigenvalue weighted by molar-refractivity contribution is 0.256. The van der Waals surface area contributed by atoms with Crippen LogP contribution < -0.4 is 11.5 Å². The number of furan rings is 1. The van der Waals surface area contributed by atoms with Crippen molar-refractivity contribution in [3.8, 4) is 0 Å². The summed E-state index contributed by atoms with van der Waals surface area (Å²) in [5.74, 6) is 0. The van der Waals surface area contributed by atoms with Crippen molar-refractivity contribution in [3.63, 3.8) is 0 Å². The summed E-state index contributed by atoms with van der Waals surface area (Å²) in [5, 5.41) is 0. The Labute approximate surface area is 102 Å². The second kappa shape index (κ2) is 13.1. The third-order valence-electron chi connectivity index (χ3n) is 1.09. The molecule has 5 heteroatoms. The van der Waals surface area contributed by atoms with Crippen molar-refractivity contribution in [1.29, 1.82) is 0 Å². The van der Waals surface area contributed by atoms with Gasteiger partial charge in [-0.15, -0.1) is 0 Å². The summed E-state index contributed by atoms with van der Waals surface area (Å²) in [6.45, 7) is 0. The zero-order chi connectivity index (χ0) is 11.4. The van der Waals surface area contributed by atoms with E-state index in [0.29, 0.717) is 0 Å². The van der Waals surface area contributed by atoms with Gasteiger partial charge in [0, 0.05) is 0 Å². The van der Waals surface area contributed by atoms with Crippen LogP contribution in [0.4, 0.5) is 4.79 Å². The first-order valence-electron chi connectivity index (χ1n) is 4.25. The van der Waals surface area contributed by atoms with Gasteiger partial charge in [-0.1, -0.05) is 36.4 Å². The highest BCUT2D eigenvalue weighted by atomic mass is 32.1. The molecule has 0 saturated heterocycles. The Kier molecular flexibility index (Phi) is 13.6. The zero-order valence-corrected chi connectivity index (χ0v) is 9.74. The molecule has 1 aromatic carbocycles. The average molecular weight is 240 g/mol. The minimum atomic E-state index is -0.833. The summed E-state index contributed by atoms with van der Waals surface area (Å²) in [7, 11) is 0. The molecule has 0 fully saturated rings. The van der Waals surface area contributed by atoms with Gasteiger partial charge in [0.1, 0.15) is 0 Å². The largest absolute Gasteiger partial charge is 0.473 e. The molecule has 0 radical (unpaired) electrons. The molecule has 0 aliphatic rings. The van der Waals surface area contributed by atoms with Crippen LogP contribution in [0.15, 0.2) is 65.5 Å². The third-order valence-corrected chi connectivity index (χ3v) is 1.09. The highest BCUT2D eigenvalue weighted by Crippen LogP contribution is 1.80. The van der Waals surface area contributed by atoms with Crippen molar-refractivity contribution in [3.05, 3.63) is 61.1 Å². The molecule has 0 spiro atoms. The number of benzene rings is 1. The van der Waals surface area contributed by atoms with Gasteiger partial charge in [0.2, 0.25) is 0 Å². The molecular weight excluding hydrogens is 224 g/mol. The van der Waals surface area contributed by atoms with Crippen LogP contribution >= 0.6 is 13.5 Å². The number of amides is 2. The monoisotopic (exact) mass is 240 g/mol. The molecule has 0 atom stereocenters. The summed E-state index contributed by atoms with van der Waals surface area (Å²) < 4.78 is 4.58. The Hall–Kier alpha value is -1.88. The molecule has 2 amide bonds. The van der Waals surface area contributed by atoms with E-state index in [-0.39, 0.29) is 13.5 Å². The van der Waals surface area contributed by atoms with Crippen LogP contribution in [0.5, 0.6) is 0 Å². The SMILES string of the molecule is NC(N)=O.S.c1ccccc1.c1ccoc1. The summed E-state index contributed by atoms with van der Waals surface area (Å²) in [5.41, 5.74) is 8.50. The fraction of sp³-hybridized carbons (Fsp3) is 0. The fourth-order valence-electron chi connectivity index (χ4n) is 0.612. The Morgan fingerprint density at radius 3 is 1.12 bits per heavy atom. The number of urea groups is 1. The summed E-state index contributed by atoms with van der Waals surface area (Å²) in [4.78, 5) is 9.00. The van der Waals surface area contributed by atoms with E-state index in [2.05, 4.69) is 15.9 Å². The third kappa shape index (κ3) is 18.0. The number of hydrogen-bond donors (Lipinski definition) is 2. The van der Waals surface area contributed by atoms with Crippen molar-refractivity contribution >= 4 is 19.5 Å². The highest BCUT2D eigenvalue weighted by molar-refractivity contribution is 7.59. The van der Waals surface area contributed by atoms with Crippen molar-refractivity contribution in [2.24, 2.45) is 11.5 Å². The summed E-state index contributed by atoms with van der Waals surface area (Å²) in [6.07, 6.45) is 3.25. The molecule has 0 aliphatic carbocycles.